The highest BCUT2D eigenvalue weighted by Gasteiger charge is 2.22. The molecule has 2 aromatic carbocycles. The molecule has 0 spiro atoms. The molecule has 4 nitrogen and oxygen atoms in total. The Morgan fingerprint density at radius 1 is 0.833 bits per heavy atom. The van der Waals surface area contributed by atoms with Crippen LogP contribution < -0.4 is 5.76 Å². The minimum Gasteiger partial charge on any atom is -0.467 e. The molecule has 0 saturated heterocycles. The smallest absolute Gasteiger partial charge is 0.424 e. The molecule has 2 heterocycles. The van der Waals surface area contributed by atoms with Crippen LogP contribution in [0.25, 0.3) is 28.3 Å². The van der Waals surface area contributed by atoms with Gasteiger partial charge in [-0.25, -0.2) is 9.36 Å². The molecule has 0 aliphatic carbocycles. The van der Waals surface area contributed by atoms with Crippen LogP contribution in [0.5, 0.6) is 0 Å². The van der Waals surface area contributed by atoms with Crippen molar-refractivity contribution in [2.75, 3.05) is 0 Å². The molecule has 0 atom stereocenters. The zero-order chi connectivity index (χ0) is 16.5. The third kappa shape index (κ3) is 2.29. The van der Waals surface area contributed by atoms with Crippen molar-refractivity contribution in [3.63, 3.8) is 0 Å². The van der Waals surface area contributed by atoms with E-state index in [4.69, 9.17) is 8.83 Å². The SMILES string of the molecule is Cc1occc1-n1c(-c2ccccc2)c(-c2ccccc2)oc1=O. The van der Waals surface area contributed by atoms with Gasteiger partial charge in [-0.15, -0.1) is 0 Å². The van der Waals surface area contributed by atoms with Crippen LogP contribution in [0.3, 0.4) is 0 Å². The van der Waals surface area contributed by atoms with Gasteiger partial charge in [0.2, 0.25) is 0 Å². The van der Waals surface area contributed by atoms with E-state index in [9.17, 15) is 4.79 Å². The van der Waals surface area contributed by atoms with Crippen molar-refractivity contribution in [3.8, 4) is 28.3 Å². The summed E-state index contributed by atoms with van der Waals surface area (Å²) in [4.78, 5) is 12.6. The van der Waals surface area contributed by atoms with Crippen molar-refractivity contribution in [3.05, 3.63) is 89.3 Å². The van der Waals surface area contributed by atoms with E-state index in [1.165, 1.54) is 0 Å². The lowest BCUT2D eigenvalue weighted by Crippen LogP contribution is -2.13. The van der Waals surface area contributed by atoms with E-state index in [1.807, 2.05) is 67.6 Å². The number of hydrogen-bond acceptors (Lipinski definition) is 3. The molecule has 0 bridgehead atoms. The lowest BCUT2D eigenvalue weighted by Gasteiger charge is -2.07. The van der Waals surface area contributed by atoms with Crippen LogP contribution in [-0.4, -0.2) is 4.57 Å². The first-order valence-electron chi connectivity index (χ1n) is 7.67. The summed E-state index contributed by atoms with van der Waals surface area (Å²) >= 11 is 0. The second kappa shape index (κ2) is 5.74. The lowest BCUT2D eigenvalue weighted by atomic mass is 10.1. The molecule has 0 radical (unpaired) electrons. The lowest BCUT2D eigenvalue weighted by molar-refractivity contribution is 0.509. The van der Waals surface area contributed by atoms with Crippen LogP contribution >= 0.6 is 0 Å². The highest BCUT2D eigenvalue weighted by molar-refractivity contribution is 5.78. The van der Waals surface area contributed by atoms with Gasteiger partial charge in [0.05, 0.1) is 12.0 Å². The van der Waals surface area contributed by atoms with E-state index in [2.05, 4.69) is 0 Å². The largest absolute Gasteiger partial charge is 0.467 e. The number of furan rings is 1. The third-order valence-electron chi connectivity index (χ3n) is 3.97. The predicted octanol–water partition coefficient (Wildman–Crippen LogP) is 4.67. The fourth-order valence-corrected chi connectivity index (χ4v) is 2.84. The summed E-state index contributed by atoms with van der Waals surface area (Å²) in [6.07, 6.45) is 1.57. The Balaban J connectivity index is 2.07. The van der Waals surface area contributed by atoms with E-state index in [1.54, 1.807) is 16.9 Å². The van der Waals surface area contributed by atoms with E-state index in [0.717, 1.165) is 16.8 Å². The van der Waals surface area contributed by atoms with Crippen LogP contribution in [0.15, 0.2) is 86.6 Å². The summed E-state index contributed by atoms with van der Waals surface area (Å²) < 4.78 is 12.6. The second-order valence-electron chi connectivity index (χ2n) is 5.48. The molecule has 24 heavy (non-hydrogen) atoms. The minimum absolute atomic E-state index is 0.433. The van der Waals surface area contributed by atoms with Crippen LogP contribution in [0.4, 0.5) is 0 Å². The standard InChI is InChI=1S/C20H15NO3/c1-14-17(12-13-23-14)21-18(15-8-4-2-5-9-15)19(24-20(21)22)16-10-6-3-7-11-16/h2-13H,1H3. The first-order chi connectivity index (χ1) is 11.8. The van der Waals surface area contributed by atoms with E-state index >= 15 is 0 Å². The fraction of sp³-hybridized carbons (Fsp3) is 0.0500. The summed E-state index contributed by atoms with van der Waals surface area (Å²) in [5.41, 5.74) is 3.16. The van der Waals surface area contributed by atoms with E-state index in [-0.39, 0.29) is 0 Å². The number of nitrogens with zero attached hydrogens (tertiary/aromatic N) is 1. The summed E-state index contributed by atoms with van der Waals surface area (Å²) in [5, 5.41) is 0. The Kier molecular flexibility index (Phi) is 3.43. The summed E-state index contributed by atoms with van der Waals surface area (Å²) in [5.74, 6) is 0.777. The highest BCUT2D eigenvalue weighted by atomic mass is 16.4. The van der Waals surface area contributed by atoms with Crippen LogP contribution in [0.2, 0.25) is 0 Å². The van der Waals surface area contributed by atoms with Crippen molar-refractivity contribution in [2.24, 2.45) is 0 Å². The van der Waals surface area contributed by atoms with Gasteiger partial charge in [0, 0.05) is 17.2 Å². The van der Waals surface area contributed by atoms with Crippen molar-refractivity contribution >= 4 is 0 Å². The van der Waals surface area contributed by atoms with Crippen LogP contribution in [-0.2, 0) is 0 Å². The monoisotopic (exact) mass is 317 g/mol. The average Bonchev–Trinajstić information content (AvgIpc) is 3.19. The van der Waals surface area contributed by atoms with Crippen molar-refractivity contribution in [2.45, 2.75) is 6.92 Å². The molecular formula is C20H15NO3. The Bertz CT molecular complexity index is 1020. The fourth-order valence-electron chi connectivity index (χ4n) is 2.84. The Morgan fingerprint density at radius 3 is 2.04 bits per heavy atom. The van der Waals surface area contributed by atoms with Gasteiger partial charge in [-0.1, -0.05) is 60.7 Å². The predicted molar refractivity (Wildman–Crippen MR) is 92.2 cm³/mol. The maximum atomic E-state index is 12.6. The van der Waals surface area contributed by atoms with Gasteiger partial charge in [-0.2, -0.15) is 0 Å². The highest BCUT2D eigenvalue weighted by Crippen LogP contribution is 2.33. The molecule has 0 saturated carbocycles. The van der Waals surface area contributed by atoms with Gasteiger partial charge in [-0.05, 0) is 6.92 Å². The first kappa shape index (κ1) is 14.3. The third-order valence-corrected chi connectivity index (χ3v) is 3.97. The molecule has 0 amide bonds. The zero-order valence-electron chi connectivity index (χ0n) is 13.1. The van der Waals surface area contributed by atoms with Gasteiger partial charge in [0.1, 0.15) is 11.5 Å². The zero-order valence-corrected chi connectivity index (χ0v) is 13.1. The van der Waals surface area contributed by atoms with E-state index < -0.39 is 5.76 Å². The van der Waals surface area contributed by atoms with Crippen LogP contribution in [0, 0.1) is 6.92 Å². The summed E-state index contributed by atoms with van der Waals surface area (Å²) in [7, 11) is 0. The van der Waals surface area contributed by atoms with Crippen molar-refractivity contribution in [1.29, 1.82) is 0 Å². The minimum atomic E-state index is -0.433. The van der Waals surface area contributed by atoms with Gasteiger partial charge in [0.25, 0.3) is 0 Å². The molecule has 4 rings (SSSR count). The number of benzene rings is 2. The molecule has 0 unspecified atom stereocenters. The molecule has 0 N–H and O–H groups in total. The molecule has 0 aliphatic rings. The van der Waals surface area contributed by atoms with Crippen LogP contribution in [0.1, 0.15) is 5.76 Å². The number of aryl methyl sites for hydroxylation is 1. The maximum Gasteiger partial charge on any atom is 0.424 e. The number of aromatic nitrogens is 1. The summed E-state index contributed by atoms with van der Waals surface area (Å²) in [6.45, 7) is 1.83. The van der Waals surface area contributed by atoms with E-state index in [0.29, 0.717) is 17.2 Å². The molecule has 0 aliphatic heterocycles. The number of hydrogen-bond donors (Lipinski definition) is 0. The van der Waals surface area contributed by atoms with Gasteiger partial charge in [0.15, 0.2) is 5.76 Å². The molecule has 0 fully saturated rings. The van der Waals surface area contributed by atoms with Gasteiger partial charge in [-0.3, -0.25) is 0 Å². The Hall–Kier alpha value is -3.27. The van der Waals surface area contributed by atoms with Gasteiger partial charge < -0.3 is 8.83 Å². The van der Waals surface area contributed by atoms with Crippen molar-refractivity contribution < 1.29 is 8.83 Å². The number of rotatable bonds is 3. The second-order valence-corrected chi connectivity index (χ2v) is 5.48. The first-order valence-corrected chi connectivity index (χ1v) is 7.67. The Morgan fingerprint density at radius 2 is 1.46 bits per heavy atom. The average molecular weight is 317 g/mol. The normalized spacial score (nSPS) is 10.9. The number of oxazole rings is 1. The summed E-state index contributed by atoms with van der Waals surface area (Å²) in [6, 6.07) is 21.1. The van der Waals surface area contributed by atoms with Crippen molar-refractivity contribution in [1.82, 2.24) is 4.57 Å². The quantitative estimate of drug-likeness (QED) is 0.552. The van der Waals surface area contributed by atoms with Gasteiger partial charge >= 0.3 is 5.76 Å². The molecule has 4 aromatic rings. The molecular weight excluding hydrogens is 302 g/mol. The Labute approximate surface area is 138 Å². The maximum absolute atomic E-state index is 12.6. The molecule has 2 aromatic heterocycles. The molecule has 118 valence electrons. The molecule has 4 heteroatoms. The topological polar surface area (TPSA) is 48.3 Å².